The second kappa shape index (κ2) is 9.27. The van der Waals surface area contributed by atoms with Crippen LogP contribution in [0.5, 0.6) is 11.5 Å². The highest BCUT2D eigenvalue weighted by molar-refractivity contribution is 9.13. The summed E-state index contributed by atoms with van der Waals surface area (Å²) in [4.78, 5) is 0. The van der Waals surface area contributed by atoms with E-state index in [4.69, 9.17) is 20.0 Å². The standard InChI is InChI=1S/C19H14Br2N2O2/c1-2-24-16-9-15(8-14(10-22)11-23)17(20)18(21)19(16)25-12-13-6-4-3-5-7-13/h3-9H,2,12H2,1H3. The van der Waals surface area contributed by atoms with Crippen molar-refractivity contribution in [3.05, 3.63) is 62.0 Å². The average Bonchev–Trinajstić information content (AvgIpc) is 2.64. The molecule has 0 aliphatic heterocycles. The fraction of sp³-hybridized carbons (Fsp3) is 0.158. The maximum absolute atomic E-state index is 8.96. The fourth-order valence-corrected chi connectivity index (χ4v) is 3.03. The summed E-state index contributed by atoms with van der Waals surface area (Å²) in [5.74, 6) is 1.10. The Morgan fingerprint density at radius 1 is 1.08 bits per heavy atom. The number of ether oxygens (including phenoxy) is 2. The molecule has 2 aromatic carbocycles. The molecule has 0 saturated heterocycles. The molecule has 0 amide bonds. The monoisotopic (exact) mass is 460 g/mol. The second-order valence-corrected chi connectivity index (χ2v) is 6.50. The molecule has 0 heterocycles. The van der Waals surface area contributed by atoms with Gasteiger partial charge >= 0.3 is 0 Å². The van der Waals surface area contributed by atoms with Gasteiger partial charge in [0.25, 0.3) is 0 Å². The van der Waals surface area contributed by atoms with Gasteiger partial charge in [0.15, 0.2) is 11.5 Å². The quantitative estimate of drug-likeness (QED) is 0.523. The van der Waals surface area contributed by atoms with Crippen molar-refractivity contribution >= 4 is 37.9 Å². The van der Waals surface area contributed by atoms with Crippen molar-refractivity contribution in [2.24, 2.45) is 0 Å². The fourth-order valence-electron chi connectivity index (χ4n) is 2.08. The lowest BCUT2D eigenvalue weighted by Gasteiger charge is -2.16. The average molecular weight is 462 g/mol. The van der Waals surface area contributed by atoms with E-state index < -0.39 is 0 Å². The third kappa shape index (κ3) is 4.85. The van der Waals surface area contributed by atoms with E-state index >= 15 is 0 Å². The minimum absolute atomic E-state index is 0.00741. The Morgan fingerprint density at radius 3 is 2.36 bits per heavy atom. The van der Waals surface area contributed by atoms with Crippen LogP contribution in [0.1, 0.15) is 18.1 Å². The van der Waals surface area contributed by atoms with E-state index in [2.05, 4.69) is 31.9 Å². The molecule has 0 saturated carbocycles. The third-order valence-electron chi connectivity index (χ3n) is 3.22. The van der Waals surface area contributed by atoms with Crippen LogP contribution in [0.3, 0.4) is 0 Å². The SMILES string of the molecule is CCOc1cc(C=C(C#N)C#N)c(Br)c(Br)c1OCc1ccccc1. The lowest BCUT2D eigenvalue weighted by molar-refractivity contribution is 0.267. The Hall–Kier alpha value is -2.28. The van der Waals surface area contributed by atoms with Crippen LogP contribution in [-0.2, 0) is 6.61 Å². The first-order valence-electron chi connectivity index (χ1n) is 7.44. The van der Waals surface area contributed by atoms with Crippen LogP contribution >= 0.6 is 31.9 Å². The molecular weight excluding hydrogens is 448 g/mol. The van der Waals surface area contributed by atoms with Gasteiger partial charge in [-0.25, -0.2) is 0 Å². The Labute approximate surface area is 163 Å². The van der Waals surface area contributed by atoms with Crippen molar-refractivity contribution in [1.82, 2.24) is 0 Å². The number of nitriles is 2. The maximum atomic E-state index is 8.96. The van der Waals surface area contributed by atoms with Gasteiger partial charge in [0, 0.05) is 4.47 Å². The largest absolute Gasteiger partial charge is 0.490 e. The van der Waals surface area contributed by atoms with Crippen LogP contribution in [0.15, 0.2) is 50.9 Å². The molecule has 25 heavy (non-hydrogen) atoms. The first-order valence-corrected chi connectivity index (χ1v) is 9.02. The minimum atomic E-state index is 0.00741. The number of hydrogen-bond acceptors (Lipinski definition) is 4. The van der Waals surface area contributed by atoms with Crippen LogP contribution in [0, 0.1) is 22.7 Å². The molecule has 0 atom stereocenters. The highest BCUT2D eigenvalue weighted by atomic mass is 79.9. The van der Waals surface area contributed by atoms with Gasteiger partial charge in [0.1, 0.15) is 24.3 Å². The lowest BCUT2D eigenvalue weighted by atomic mass is 10.1. The molecule has 0 aromatic heterocycles. The maximum Gasteiger partial charge on any atom is 0.177 e. The summed E-state index contributed by atoms with van der Waals surface area (Å²) in [6, 6.07) is 15.3. The number of benzene rings is 2. The highest BCUT2D eigenvalue weighted by Gasteiger charge is 2.17. The summed E-state index contributed by atoms with van der Waals surface area (Å²) in [5, 5.41) is 17.9. The van der Waals surface area contributed by atoms with Crippen molar-refractivity contribution in [1.29, 1.82) is 10.5 Å². The Kier molecular flexibility index (Phi) is 7.06. The number of nitrogens with zero attached hydrogens (tertiary/aromatic N) is 2. The van der Waals surface area contributed by atoms with Crippen LogP contribution in [0.25, 0.3) is 6.08 Å². The molecule has 2 rings (SSSR count). The number of allylic oxidation sites excluding steroid dienone is 1. The molecule has 0 aliphatic rings. The van der Waals surface area contributed by atoms with Crippen LogP contribution in [0.2, 0.25) is 0 Å². The van der Waals surface area contributed by atoms with E-state index in [-0.39, 0.29) is 5.57 Å². The Balaban J connectivity index is 2.42. The highest BCUT2D eigenvalue weighted by Crippen LogP contribution is 2.43. The van der Waals surface area contributed by atoms with E-state index in [9.17, 15) is 0 Å². The number of hydrogen-bond donors (Lipinski definition) is 0. The van der Waals surface area contributed by atoms with Gasteiger partial charge in [0.2, 0.25) is 0 Å². The molecule has 0 aliphatic carbocycles. The predicted octanol–water partition coefficient (Wildman–Crippen LogP) is 5.62. The first-order chi connectivity index (χ1) is 12.1. The van der Waals surface area contributed by atoms with Gasteiger partial charge < -0.3 is 9.47 Å². The van der Waals surface area contributed by atoms with E-state index in [0.717, 1.165) is 5.56 Å². The first kappa shape index (κ1) is 19.1. The molecule has 0 radical (unpaired) electrons. The topological polar surface area (TPSA) is 66.0 Å². The summed E-state index contributed by atoms with van der Waals surface area (Å²) in [7, 11) is 0. The van der Waals surface area contributed by atoms with Gasteiger partial charge in [-0.1, -0.05) is 30.3 Å². The summed E-state index contributed by atoms with van der Waals surface area (Å²) in [6.07, 6.45) is 1.50. The zero-order valence-corrected chi connectivity index (χ0v) is 16.6. The van der Waals surface area contributed by atoms with Crippen molar-refractivity contribution < 1.29 is 9.47 Å². The molecule has 0 fully saturated rings. The molecule has 4 nitrogen and oxygen atoms in total. The molecule has 0 unspecified atom stereocenters. The van der Waals surface area contributed by atoms with Gasteiger partial charge in [-0.05, 0) is 62.1 Å². The van der Waals surface area contributed by atoms with Crippen molar-refractivity contribution in [3.63, 3.8) is 0 Å². The molecule has 126 valence electrons. The number of halogens is 2. The summed E-state index contributed by atoms with van der Waals surface area (Å²) in [6.45, 7) is 2.73. The predicted molar refractivity (Wildman–Crippen MR) is 103 cm³/mol. The zero-order valence-electron chi connectivity index (χ0n) is 13.4. The van der Waals surface area contributed by atoms with Crippen LogP contribution < -0.4 is 9.47 Å². The second-order valence-electron chi connectivity index (χ2n) is 4.91. The molecule has 0 bridgehead atoms. The van der Waals surface area contributed by atoms with E-state index in [1.165, 1.54) is 6.08 Å². The molecule has 0 N–H and O–H groups in total. The van der Waals surface area contributed by atoms with E-state index in [1.807, 2.05) is 49.4 Å². The van der Waals surface area contributed by atoms with Gasteiger partial charge in [-0.2, -0.15) is 10.5 Å². The van der Waals surface area contributed by atoms with Gasteiger partial charge in [0.05, 0.1) is 11.1 Å². The third-order valence-corrected chi connectivity index (χ3v) is 5.37. The van der Waals surface area contributed by atoms with Gasteiger partial charge in [-0.15, -0.1) is 0 Å². The summed E-state index contributed by atoms with van der Waals surface area (Å²) < 4.78 is 13.0. The molecular formula is C19H14Br2N2O2. The molecule has 6 heteroatoms. The Morgan fingerprint density at radius 2 is 1.76 bits per heavy atom. The minimum Gasteiger partial charge on any atom is -0.490 e. The Bertz CT molecular complexity index is 850. The zero-order chi connectivity index (χ0) is 18.2. The summed E-state index contributed by atoms with van der Waals surface area (Å²) >= 11 is 7.00. The van der Waals surface area contributed by atoms with E-state index in [0.29, 0.717) is 39.2 Å². The van der Waals surface area contributed by atoms with E-state index in [1.54, 1.807) is 6.07 Å². The van der Waals surface area contributed by atoms with Crippen molar-refractivity contribution in [2.45, 2.75) is 13.5 Å². The molecule has 2 aromatic rings. The lowest BCUT2D eigenvalue weighted by Crippen LogP contribution is -2.01. The van der Waals surface area contributed by atoms with Crippen molar-refractivity contribution in [2.75, 3.05) is 6.61 Å². The van der Waals surface area contributed by atoms with Crippen LogP contribution in [-0.4, -0.2) is 6.61 Å². The van der Waals surface area contributed by atoms with Crippen molar-refractivity contribution in [3.8, 4) is 23.6 Å². The summed E-state index contributed by atoms with van der Waals surface area (Å²) in [5.41, 5.74) is 1.70. The van der Waals surface area contributed by atoms with Gasteiger partial charge in [-0.3, -0.25) is 0 Å². The van der Waals surface area contributed by atoms with Crippen LogP contribution in [0.4, 0.5) is 0 Å². The normalized spacial score (nSPS) is 9.64. The molecule has 0 spiro atoms. The smallest absolute Gasteiger partial charge is 0.177 e. The number of rotatable bonds is 6.